The predicted molar refractivity (Wildman–Crippen MR) is 82.9 cm³/mol. The van der Waals surface area contributed by atoms with Crippen LogP contribution in [-0.2, 0) is 0 Å². The van der Waals surface area contributed by atoms with E-state index in [4.69, 9.17) is 5.84 Å². The summed E-state index contributed by atoms with van der Waals surface area (Å²) in [5.41, 5.74) is 2.51. The summed E-state index contributed by atoms with van der Waals surface area (Å²) in [5.74, 6) is 5.31. The van der Waals surface area contributed by atoms with Crippen molar-refractivity contribution in [2.24, 2.45) is 5.84 Å². The van der Waals surface area contributed by atoms with Crippen molar-refractivity contribution in [1.82, 2.24) is 5.43 Å². The van der Waals surface area contributed by atoms with Crippen molar-refractivity contribution in [2.75, 3.05) is 0 Å². The lowest BCUT2D eigenvalue weighted by atomic mass is 10.0. The third-order valence-electron chi connectivity index (χ3n) is 3.92. The molecule has 0 aromatic rings. The van der Waals surface area contributed by atoms with E-state index < -0.39 is 12.6 Å². The molecule has 0 aromatic carbocycles. The molecule has 3 N–H and O–H groups in total. The standard InChI is InChI=1S/C16H33F3N2/c1-2-3-4-5-6-7-8-9-10-11-12-15(21-20)13-14-16(17,18)19/h15,21H,2-14,20H2,1H3. The Morgan fingerprint density at radius 3 is 1.71 bits per heavy atom. The number of rotatable bonds is 14. The van der Waals surface area contributed by atoms with Gasteiger partial charge in [0.25, 0.3) is 0 Å². The number of alkyl halides is 3. The topological polar surface area (TPSA) is 38.0 Å². The molecule has 0 aromatic heterocycles. The lowest BCUT2D eigenvalue weighted by Crippen LogP contribution is -2.35. The SMILES string of the molecule is CCCCCCCCCCCCC(CCC(F)(F)F)NN. The number of hydrazine groups is 1. The summed E-state index contributed by atoms with van der Waals surface area (Å²) in [6.07, 6.45) is 8.39. The van der Waals surface area contributed by atoms with Crippen molar-refractivity contribution in [3.05, 3.63) is 0 Å². The van der Waals surface area contributed by atoms with Crippen molar-refractivity contribution in [1.29, 1.82) is 0 Å². The van der Waals surface area contributed by atoms with Gasteiger partial charge in [0.05, 0.1) is 0 Å². The maximum Gasteiger partial charge on any atom is 0.389 e. The molecule has 0 fully saturated rings. The molecule has 1 atom stereocenters. The van der Waals surface area contributed by atoms with Gasteiger partial charge in [-0.05, 0) is 12.8 Å². The minimum atomic E-state index is -4.08. The van der Waals surface area contributed by atoms with Crippen LogP contribution >= 0.6 is 0 Å². The average molecular weight is 310 g/mol. The van der Waals surface area contributed by atoms with E-state index in [1.807, 2.05) is 0 Å². The van der Waals surface area contributed by atoms with Crippen molar-refractivity contribution >= 4 is 0 Å². The Morgan fingerprint density at radius 2 is 1.29 bits per heavy atom. The molecule has 1 unspecified atom stereocenters. The molecule has 128 valence electrons. The van der Waals surface area contributed by atoms with Crippen LogP contribution in [0.1, 0.15) is 90.4 Å². The van der Waals surface area contributed by atoms with Crippen LogP contribution in [0.4, 0.5) is 13.2 Å². The minimum absolute atomic E-state index is 0.0808. The second-order valence-electron chi connectivity index (χ2n) is 5.99. The highest BCUT2D eigenvalue weighted by Gasteiger charge is 2.27. The van der Waals surface area contributed by atoms with Crippen LogP contribution in [0.25, 0.3) is 0 Å². The lowest BCUT2D eigenvalue weighted by Gasteiger charge is -2.16. The van der Waals surface area contributed by atoms with E-state index in [9.17, 15) is 13.2 Å². The maximum absolute atomic E-state index is 12.1. The van der Waals surface area contributed by atoms with Crippen LogP contribution in [0.15, 0.2) is 0 Å². The summed E-state index contributed by atoms with van der Waals surface area (Å²) < 4.78 is 36.4. The van der Waals surface area contributed by atoms with E-state index in [0.29, 0.717) is 0 Å². The summed E-state index contributed by atoms with van der Waals surface area (Å²) >= 11 is 0. The van der Waals surface area contributed by atoms with Gasteiger partial charge < -0.3 is 0 Å². The fraction of sp³-hybridized carbons (Fsp3) is 1.00. The smallest absolute Gasteiger partial charge is 0.271 e. The Balaban J connectivity index is 3.35. The number of halogens is 3. The highest BCUT2D eigenvalue weighted by Crippen LogP contribution is 2.23. The molecule has 0 saturated heterocycles. The minimum Gasteiger partial charge on any atom is -0.271 e. The first-order chi connectivity index (χ1) is 9.99. The molecule has 0 spiro atoms. The lowest BCUT2D eigenvalue weighted by molar-refractivity contribution is -0.136. The van der Waals surface area contributed by atoms with Crippen LogP contribution in [0.2, 0.25) is 0 Å². The first-order valence-corrected chi connectivity index (χ1v) is 8.52. The fourth-order valence-corrected chi connectivity index (χ4v) is 2.53. The molecule has 0 bridgehead atoms. The quantitative estimate of drug-likeness (QED) is 0.253. The molecule has 0 amide bonds. The second kappa shape index (κ2) is 13.4. The van der Waals surface area contributed by atoms with Gasteiger partial charge in [-0.1, -0.05) is 71.1 Å². The Bertz CT molecular complexity index is 220. The number of nitrogens with two attached hydrogens (primary N) is 1. The summed E-state index contributed by atoms with van der Waals surface area (Å²) in [6.45, 7) is 2.22. The molecular weight excluding hydrogens is 277 g/mol. The van der Waals surface area contributed by atoms with Crippen molar-refractivity contribution in [3.63, 3.8) is 0 Å². The van der Waals surface area contributed by atoms with Crippen molar-refractivity contribution in [3.8, 4) is 0 Å². The van der Waals surface area contributed by atoms with Crippen LogP contribution in [-0.4, -0.2) is 12.2 Å². The molecule has 21 heavy (non-hydrogen) atoms. The molecule has 0 radical (unpaired) electrons. The summed E-state index contributed by atoms with van der Waals surface area (Å²) in [4.78, 5) is 0. The molecule has 0 aliphatic heterocycles. The van der Waals surface area contributed by atoms with Crippen LogP contribution in [0, 0.1) is 0 Å². The number of hydrogen-bond donors (Lipinski definition) is 2. The Kier molecular flexibility index (Phi) is 13.2. The molecule has 0 saturated carbocycles. The van der Waals surface area contributed by atoms with E-state index in [-0.39, 0.29) is 12.5 Å². The fourth-order valence-electron chi connectivity index (χ4n) is 2.53. The van der Waals surface area contributed by atoms with E-state index in [1.54, 1.807) is 0 Å². The molecule has 0 rings (SSSR count). The van der Waals surface area contributed by atoms with Crippen molar-refractivity contribution in [2.45, 2.75) is 103 Å². The first-order valence-electron chi connectivity index (χ1n) is 8.52. The molecular formula is C16H33F3N2. The van der Waals surface area contributed by atoms with E-state index in [0.717, 1.165) is 19.3 Å². The Labute approximate surface area is 128 Å². The summed E-state index contributed by atoms with van der Waals surface area (Å²) in [5, 5.41) is 0. The Hall–Kier alpha value is -0.290. The van der Waals surface area contributed by atoms with Crippen LogP contribution in [0.3, 0.4) is 0 Å². The second-order valence-corrected chi connectivity index (χ2v) is 5.99. The van der Waals surface area contributed by atoms with Gasteiger partial charge in [-0.15, -0.1) is 0 Å². The van der Waals surface area contributed by atoms with E-state index in [2.05, 4.69) is 12.3 Å². The van der Waals surface area contributed by atoms with Crippen LogP contribution < -0.4 is 11.3 Å². The average Bonchev–Trinajstić information content (AvgIpc) is 2.43. The number of unbranched alkanes of at least 4 members (excludes halogenated alkanes) is 9. The molecule has 0 heterocycles. The third kappa shape index (κ3) is 15.9. The molecule has 0 aliphatic rings. The van der Waals surface area contributed by atoms with Crippen LogP contribution in [0.5, 0.6) is 0 Å². The van der Waals surface area contributed by atoms with Gasteiger partial charge in [0.2, 0.25) is 0 Å². The van der Waals surface area contributed by atoms with Gasteiger partial charge >= 0.3 is 6.18 Å². The highest BCUT2D eigenvalue weighted by molar-refractivity contribution is 4.66. The normalized spacial score (nSPS) is 13.6. The molecule has 0 aliphatic carbocycles. The van der Waals surface area contributed by atoms with Gasteiger partial charge in [0.1, 0.15) is 0 Å². The maximum atomic E-state index is 12.1. The van der Waals surface area contributed by atoms with Crippen molar-refractivity contribution < 1.29 is 13.2 Å². The zero-order chi connectivity index (χ0) is 16.0. The van der Waals surface area contributed by atoms with Gasteiger partial charge in [-0.3, -0.25) is 11.3 Å². The largest absolute Gasteiger partial charge is 0.389 e. The summed E-state index contributed by atoms with van der Waals surface area (Å²) in [7, 11) is 0. The first kappa shape index (κ1) is 20.7. The van der Waals surface area contributed by atoms with Gasteiger partial charge in [0, 0.05) is 12.5 Å². The number of nitrogens with one attached hydrogen (secondary N) is 1. The monoisotopic (exact) mass is 310 g/mol. The van der Waals surface area contributed by atoms with Gasteiger partial charge in [0.15, 0.2) is 0 Å². The third-order valence-corrected chi connectivity index (χ3v) is 3.92. The summed E-state index contributed by atoms with van der Waals surface area (Å²) in [6, 6.07) is -0.208. The highest BCUT2D eigenvalue weighted by atomic mass is 19.4. The molecule has 2 nitrogen and oxygen atoms in total. The van der Waals surface area contributed by atoms with E-state index >= 15 is 0 Å². The van der Waals surface area contributed by atoms with Gasteiger partial charge in [-0.25, -0.2) is 0 Å². The van der Waals surface area contributed by atoms with Gasteiger partial charge in [-0.2, -0.15) is 13.2 Å². The number of hydrogen-bond acceptors (Lipinski definition) is 2. The predicted octanol–water partition coefficient (Wildman–Crippen LogP) is 5.47. The zero-order valence-electron chi connectivity index (χ0n) is 13.5. The van der Waals surface area contributed by atoms with E-state index in [1.165, 1.54) is 51.4 Å². The Morgan fingerprint density at radius 1 is 0.810 bits per heavy atom. The zero-order valence-corrected chi connectivity index (χ0v) is 13.5. The molecule has 5 heteroatoms.